The Bertz CT molecular complexity index is 677. The van der Waals surface area contributed by atoms with Gasteiger partial charge < -0.3 is 0 Å². The van der Waals surface area contributed by atoms with E-state index in [0.717, 1.165) is 4.52 Å². The van der Waals surface area contributed by atoms with Crippen molar-refractivity contribution in [2.24, 2.45) is 5.14 Å². The van der Waals surface area contributed by atoms with Gasteiger partial charge in [0.1, 0.15) is 0 Å². The molecule has 2 heterocycles. The number of nitrogens with zero attached hydrogens (tertiary/aromatic N) is 3. The van der Waals surface area contributed by atoms with Gasteiger partial charge in [-0.2, -0.15) is 19.0 Å². The number of sulfonamides is 1. The van der Waals surface area contributed by atoms with Gasteiger partial charge in [0.05, 0.1) is 5.69 Å². The Morgan fingerprint density at radius 1 is 1.50 bits per heavy atom. The highest BCUT2D eigenvalue weighted by Gasteiger charge is 2.23. The first-order chi connectivity index (χ1) is 7.43. The Morgan fingerprint density at radius 2 is 2.19 bits per heavy atom. The molecule has 2 rings (SSSR count). The van der Waals surface area contributed by atoms with Crippen LogP contribution in [0.2, 0.25) is 0 Å². The lowest BCUT2D eigenvalue weighted by Crippen LogP contribution is -2.17. The van der Waals surface area contributed by atoms with Crippen molar-refractivity contribution in [3.8, 4) is 0 Å². The fourth-order valence-corrected chi connectivity index (χ4v) is 1.90. The Kier molecular flexibility index (Phi) is 2.25. The number of rotatable bonds is 2. The summed E-state index contributed by atoms with van der Waals surface area (Å²) in [6, 6.07) is 2.95. The highest BCUT2D eigenvalue weighted by molar-refractivity contribution is 7.89. The number of primary sulfonamides is 1. The summed E-state index contributed by atoms with van der Waals surface area (Å²) in [6.45, 7) is 3.47. The lowest BCUT2D eigenvalue weighted by Gasteiger charge is -1.98. The maximum absolute atomic E-state index is 13.3. The van der Waals surface area contributed by atoms with Gasteiger partial charge in [-0.25, -0.2) is 13.6 Å². The van der Waals surface area contributed by atoms with E-state index in [4.69, 9.17) is 5.14 Å². The summed E-state index contributed by atoms with van der Waals surface area (Å²) in [5.41, 5.74) is 0.446. The van der Waals surface area contributed by atoms with Gasteiger partial charge in [-0.1, -0.05) is 6.58 Å². The molecule has 2 aromatic heterocycles. The Hall–Kier alpha value is -1.80. The van der Waals surface area contributed by atoms with E-state index in [0.29, 0.717) is 5.69 Å². The summed E-state index contributed by atoms with van der Waals surface area (Å²) in [5.74, 6) is -1.17. The number of imidazole rings is 1. The molecule has 8 heteroatoms. The molecule has 2 aromatic rings. The van der Waals surface area contributed by atoms with Crippen molar-refractivity contribution in [1.29, 1.82) is 0 Å². The summed E-state index contributed by atoms with van der Waals surface area (Å²) in [5, 5.41) is 7.92. The lowest BCUT2D eigenvalue weighted by molar-refractivity contribution is 0.533. The van der Waals surface area contributed by atoms with E-state index >= 15 is 0 Å². The molecule has 0 spiro atoms. The van der Waals surface area contributed by atoms with Crippen molar-refractivity contribution in [1.82, 2.24) is 14.6 Å². The fourth-order valence-electron chi connectivity index (χ4n) is 1.25. The predicted molar refractivity (Wildman–Crippen MR) is 54.4 cm³/mol. The minimum Gasteiger partial charge on any atom is -0.223 e. The molecule has 0 unspecified atom stereocenters. The van der Waals surface area contributed by atoms with Crippen molar-refractivity contribution >= 4 is 21.7 Å². The summed E-state index contributed by atoms with van der Waals surface area (Å²) < 4.78 is 36.4. The van der Waals surface area contributed by atoms with Crippen LogP contribution in [0.15, 0.2) is 23.7 Å². The third kappa shape index (κ3) is 1.57. The Balaban J connectivity index is 2.92. The molecule has 0 saturated heterocycles. The third-order valence-corrected chi connectivity index (χ3v) is 2.78. The molecule has 0 aliphatic carbocycles. The highest BCUT2D eigenvalue weighted by Crippen LogP contribution is 2.14. The second kappa shape index (κ2) is 3.35. The quantitative estimate of drug-likeness (QED) is 0.812. The molecule has 0 atom stereocenters. The molecule has 6 nitrogen and oxygen atoms in total. The van der Waals surface area contributed by atoms with E-state index in [1.54, 1.807) is 0 Å². The molecule has 0 bridgehead atoms. The molecule has 84 valence electrons. The molecule has 0 fully saturated rings. The van der Waals surface area contributed by atoms with Crippen molar-refractivity contribution in [2.75, 3.05) is 0 Å². The average molecular weight is 242 g/mol. The second-order valence-corrected chi connectivity index (χ2v) is 4.46. The Morgan fingerprint density at radius 3 is 2.75 bits per heavy atom. The molecule has 0 aliphatic heterocycles. The Labute approximate surface area is 90.3 Å². The van der Waals surface area contributed by atoms with Gasteiger partial charge in [0, 0.05) is 0 Å². The molecule has 0 aliphatic rings. The standard InChI is InChI=1S/C8H7FN4O2S/c1-2-5-3-4-6-11-7(9)8(13(6)12-5)16(10,14)15/h2-4H,1H2,(H2,10,14,15). The maximum Gasteiger partial charge on any atom is 0.260 e. The van der Waals surface area contributed by atoms with Crippen LogP contribution < -0.4 is 5.14 Å². The second-order valence-electron chi connectivity index (χ2n) is 2.99. The summed E-state index contributed by atoms with van der Waals surface area (Å²) >= 11 is 0. The molecule has 0 saturated carbocycles. The predicted octanol–water partition coefficient (Wildman–Crippen LogP) is 0.159. The highest BCUT2D eigenvalue weighted by atomic mass is 32.2. The number of aromatic nitrogens is 3. The largest absolute Gasteiger partial charge is 0.260 e. The van der Waals surface area contributed by atoms with Gasteiger partial charge in [-0.05, 0) is 18.2 Å². The van der Waals surface area contributed by atoms with E-state index in [1.165, 1.54) is 18.2 Å². The van der Waals surface area contributed by atoms with Crippen LogP contribution in [0.5, 0.6) is 0 Å². The minimum atomic E-state index is -4.21. The molecule has 0 aromatic carbocycles. The molecule has 2 N–H and O–H groups in total. The fraction of sp³-hybridized carbons (Fsp3) is 0. The van der Waals surface area contributed by atoms with Crippen molar-refractivity contribution < 1.29 is 12.8 Å². The van der Waals surface area contributed by atoms with Crippen LogP contribution in [-0.4, -0.2) is 23.0 Å². The number of hydrogen-bond acceptors (Lipinski definition) is 4. The number of hydrogen-bond donors (Lipinski definition) is 1. The number of nitrogens with two attached hydrogens (primary N) is 1. The average Bonchev–Trinajstić information content (AvgIpc) is 2.51. The zero-order valence-electron chi connectivity index (χ0n) is 7.96. The van der Waals surface area contributed by atoms with Crippen LogP contribution in [-0.2, 0) is 10.0 Å². The van der Waals surface area contributed by atoms with Gasteiger partial charge >= 0.3 is 0 Å². The van der Waals surface area contributed by atoms with E-state index in [9.17, 15) is 12.8 Å². The van der Waals surface area contributed by atoms with E-state index in [2.05, 4.69) is 16.7 Å². The zero-order chi connectivity index (χ0) is 11.9. The monoisotopic (exact) mass is 242 g/mol. The van der Waals surface area contributed by atoms with Gasteiger partial charge in [0.25, 0.3) is 16.0 Å². The summed E-state index contributed by atoms with van der Waals surface area (Å²) in [7, 11) is -4.21. The molecular formula is C8H7FN4O2S. The van der Waals surface area contributed by atoms with Crippen LogP contribution in [0, 0.1) is 5.95 Å². The first-order valence-electron chi connectivity index (χ1n) is 4.14. The molecule has 16 heavy (non-hydrogen) atoms. The maximum atomic E-state index is 13.3. The smallest absolute Gasteiger partial charge is 0.223 e. The van der Waals surface area contributed by atoms with Crippen LogP contribution >= 0.6 is 0 Å². The lowest BCUT2D eigenvalue weighted by atomic mass is 10.4. The zero-order valence-corrected chi connectivity index (χ0v) is 8.78. The van der Waals surface area contributed by atoms with Crippen molar-refractivity contribution in [3.05, 3.63) is 30.4 Å². The normalized spacial score (nSPS) is 11.9. The summed E-state index contributed by atoms with van der Waals surface area (Å²) in [6.07, 6.45) is 1.39. The first kappa shape index (κ1) is 10.7. The molecule has 0 radical (unpaired) electrons. The van der Waals surface area contributed by atoms with E-state index < -0.39 is 21.0 Å². The van der Waals surface area contributed by atoms with Crippen molar-refractivity contribution in [2.45, 2.75) is 5.03 Å². The van der Waals surface area contributed by atoms with E-state index in [-0.39, 0.29) is 5.65 Å². The van der Waals surface area contributed by atoms with E-state index in [1.807, 2.05) is 0 Å². The van der Waals surface area contributed by atoms with Gasteiger partial charge in [0.15, 0.2) is 5.65 Å². The van der Waals surface area contributed by atoms with Crippen LogP contribution in [0.3, 0.4) is 0 Å². The minimum absolute atomic E-state index is 0.0622. The van der Waals surface area contributed by atoms with Gasteiger partial charge in [0.2, 0.25) is 5.03 Å². The molecular weight excluding hydrogens is 235 g/mol. The van der Waals surface area contributed by atoms with Crippen LogP contribution in [0.25, 0.3) is 11.7 Å². The molecule has 0 amide bonds. The van der Waals surface area contributed by atoms with Gasteiger partial charge in [-0.3, -0.25) is 0 Å². The van der Waals surface area contributed by atoms with Crippen LogP contribution in [0.4, 0.5) is 4.39 Å². The van der Waals surface area contributed by atoms with Crippen molar-refractivity contribution in [3.63, 3.8) is 0 Å². The summed E-state index contributed by atoms with van der Waals surface area (Å²) in [4.78, 5) is 3.40. The first-order valence-corrected chi connectivity index (χ1v) is 5.68. The SMILES string of the molecule is C=Cc1ccc2nc(F)c(S(N)(=O)=O)n2n1. The third-order valence-electron chi connectivity index (χ3n) is 1.90. The van der Waals surface area contributed by atoms with Crippen LogP contribution in [0.1, 0.15) is 5.69 Å². The topological polar surface area (TPSA) is 90.3 Å². The number of halogens is 1. The van der Waals surface area contributed by atoms with Gasteiger partial charge in [-0.15, -0.1) is 0 Å². The number of fused-ring (bicyclic) bond motifs is 1.